The molecule has 0 bridgehead atoms. The van der Waals surface area contributed by atoms with Crippen LogP contribution in [0.4, 0.5) is 0 Å². The van der Waals surface area contributed by atoms with Crippen molar-refractivity contribution < 1.29 is 9.53 Å². The van der Waals surface area contributed by atoms with E-state index in [0.29, 0.717) is 17.9 Å². The van der Waals surface area contributed by atoms with Gasteiger partial charge in [0, 0.05) is 38.8 Å². The molecule has 0 radical (unpaired) electrons. The zero-order valence-electron chi connectivity index (χ0n) is 10.8. The van der Waals surface area contributed by atoms with E-state index in [-0.39, 0.29) is 5.91 Å². The van der Waals surface area contributed by atoms with Gasteiger partial charge in [-0.15, -0.1) is 0 Å². The highest BCUT2D eigenvalue weighted by molar-refractivity contribution is 5.76. The van der Waals surface area contributed by atoms with Gasteiger partial charge in [-0.05, 0) is 31.1 Å². The molecule has 2 fully saturated rings. The van der Waals surface area contributed by atoms with Gasteiger partial charge in [0.2, 0.25) is 5.91 Å². The first-order valence-electron chi connectivity index (χ1n) is 6.76. The van der Waals surface area contributed by atoms with Crippen LogP contribution in [-0.4, -0.2) is 38.3 Å². The molecule has 2 aliphatic heterocycles. The van der Waals surface area contributed by atoms with E-state index in [4.69, 9.17) is 4.74 Å². The van der Waals surface area contributed by atoms with E-state index < -0.39 is 0 Å². The van der Waals surface area contributed by atoms with Crippen LogP contribution in [0, 0.1) is 5.41 Å². The van der Waals surface area contributed by atoms with Crippen molar-refractivity contribution in [3.8, 4) is 0 Å². The van der Waals surface area contributed by atoms with Crippen LogP contribution in [0.5, 0.6) is 0 Å². The maximum atomic E-state index is 11.5. The molecule has 0 aliphatic carbocycles. The van der Waals surface area contributed by atoms with Crippen molar-refractivity contribution in [1.82, 2.24) is 10.6 Å². The van der Waals surface area contributed by atoms with Crippen molar-refractivity contribution in [3.63, 3.8) is 0 Å². The second-order valence-electron chi connectivity index (χ2n) is 5.70. The fraction of sp³-hybridized carbons (Fsp3) is 0.923. The second kappa shape index (κ2) is 5.83. The Labute approximate surface area is 103 Å². The van der Waals surface area contributed by atoms with Gasteiger partial charge in [0.15, 0.2) is 0 Å². The third-order valence-electron chi connectivity index (χ3n) is 4.00. The van der Waals surface area contributed by atoms with Crippen LogP contribution in [0.3, 0.4) is 0 Å². The molecule has 4 nitrogen and oxygen atoms in total. The van der Waals surface area contributed by atoms with Crippen molar-refractivity contribution in [2.24, 2.45) is 5.41 Å². The average molecular weight is 240 g/mol. The summed E-state index contributed by atoms with van der Waals surface area (Å²) in [6, 6.07) is 0.358. The second-order valence-corrected chi connectivity index (χ2v) is 5.70. The molecule has 1 amide bonds. The van der Waals surface area contributed by atoms with Gasteiger partial charge >= 0.3 is 0 Å². The normalized spacial score (nSPS) is 29.5. The van der Waals surface area contributed by atoms with Crippen LogP contribution >= 0.6 is 0 Å². The van der Waals surface area contributed by atoms with Gasteiger partial charge in [0.1, 0.15) is 0 Å². The van der Waals surface area contributed by atoms with Gasteiger partial charge in [0.05, 0.1) is 0 Å². The summed E-state index contributed by atoms with van der Waals surface area (Å²) in [4.78, 5) is 11.5. The molecule has 0 aromatic carbocycles. The summed E-state index contributed by atoms with van der Waals surface area (Å²) in [6.07, 6.45) is 5.07. The lowest BCUT2D eigenvalue weighted by molar-refractivity contribution is -0.121. The maximum Gasteiger partial charge on any atom is 0.221 e. The molecule has 2 rings (SSSR count). The molecule has 4 heteroatoms. The van der Waals surface area contributed by atoms with E-state index >= 15 is 0 Å². The average Bonchev–Trinajstić information content (AvgIpc) is 2.52. The molecule has 0 aromatic rings. The lowest BCUT2D eigenvalue weighted by Gasteiger charge is -2.35. The molecule has 1 unspecified atom stereocenters. The number of nitrogens with one attached hydrogen (secondary N) is 2. The monoisotopic (exact) mass is 240 g/mol. The Balaban J connectivity index is 1.77. The molecule has 0 spiro atoms. The van der Waals surface area contributed by atoms with E-state index in [9.17, 15) is 4.79 Å². The first-order chi connectivity index (χ1) is 8.18. The van der Waals surface area contributed by atoms with Crippen molar-refractivity contribution in [3.05, 3.63) is 0 Å². The highest BCUT2D eigenvalue weighted by Gasteiger charge is 2.28. The first-order valence-corrected chi connectivity index (χ1v) is 6.76. The Morgan fingerprint density at radius 3 is 3.00 bits per heavy atom. The minimum absolute atomic E-state index is 0.192. The van der Waals surface area contributed by atoms with Crippen LogP contribution in [0.1, 0.15) is 39.0 Å². The van der Waals surface area contributed by atoms with Gasteiger partial charge in [-0.25, -0.2) is 0 Å². The molecule has 2 saturated heterocycles. The van der Waals surface area contributed by atoms with E-state index in [1.807, 2.05) is 0 Å². The highest BCUT2D eigenvalue weighted by Crippen LogP contribution is 2.29. The number of rotatable bonds is 3. The Kier molecular flexibility index (Phi) is 4.40. The van der Waals surface area contributed by atoms with Gasteiger partial charge in [-0.3, -0.25) is 4.79 Å². The van der Waals surface area contributed by atoms with Gasteiger partial charge in [-0.2, -0.15) is 0 Å². The molecule has 2 heterocycles. The minimum Gasteiger partial charge on any atom is -0.381 e. The van der Waals surface area contributed by atoms with Crippen molar-refractivity contribution in [2.45, 2.75) is 45.1 Å². The number of carbonyl (C=O) groups is 1. The number of hydrogen-bond donors (Lipinski definition) is 2. The summed E-state index contributed by atoms with van der Waals surface area (Å²) < 4.78 is 5.40. The SMILES string of the molecule is CC1(CNC2CCCNC(=O)C2)CCOCC1. The number of ether oxygens (including phenoxy) is 1. The van der Waals surface area contributed by atoms with Gasteiger partial charge < -0.3 is 15.4 Å². The highest BCUT2D eigenvalue weighted by atomic mass is 16.5. The first kappa shape index (κ1) is 12.8. The van der Waals surface area contributed by atoms with E-state index in [2.05, 4.69) is 17.6 Å². The summed E-state index contributed by atoms with van der Waals surface area (Å²) >= 11 is 0. The molecule has 2 aliphatic rings. The summed E-state index contributed by atoms with van der Waals surface area (Å²) in [5.74, 6) is 0.192. The summed E-state index contributed by atoms with van der Waals surface area (Å²) in [5.41, 5.74) is 0.348. The quantitative estimate of drug-likeness (QED) is 0.775. The van der Waals surface area contributed by atoms with Crippen LogP contribution in [0.15, 0.2) is 0 Å². The van der Waals surface area contributed by atoms with Crippen LogP contribution in [0.2, 0.25) is 0 Å². The molecule has 1 atom stereocenters. The fourth-order valence-corrected chi connectivity index (χ4v) is 2.58. The molecule has 0 saturated carbocycles. The largest absolute Gasteiger partial charge is 0.381 e. The molecule has 0 aromatic heterocycles. The topological polar surface area (TPSA) is 50.4 Å². The van der Waals surface area contributed by atoms with Gasteiger partial charge in [-0.1, -0.05) is 6.92 Å². The van der Waals surface area contributed by atoms with Crippen LogP contribution < -0.4 is 10.6 Å². The van der Waals surface area contributed by atoms with Crippen LogP contribution in [0.25, 0.3) is 0 Å². The number of carbonyl (C=O) groups excluding carboxylic acids is 1. The van der Waals surface area contributed by atoms with Gasteiger partial charge in [0.25, 0.3) is 0 Å². The molecule has 17 heavy (non-hydrogen) atoms. The fourth-order valence-electron chi connectivity index (χ4n) is 2.58. The van der Waals surface area contributed by atoms with Crippen LogP contribution in [-0.2, 0) is 9.53 Å². The Hall–Kier alpha value is -0.610. The zero-order chi connectivity index (χ0) is 12.1. The summed E-state index contributed by atoms with van der Waals surface area (Å²) in [5, 5.41) is 6.51. The molecular weight excluding hydrogens is 216 g/mol. The Morgan fingerprint density at radius 2 is 2.24 bits per heavy atom. The zero-order valence-corrected chi connectivity index (χ0v) is 10.8. The minimum atomic E-state index is 0.192. The lowest BCUT2D eigenvalue weighted by atomic mass is 9.82. The van der Waals surface area contributed by atoms with E-state index in [0.717, 1.165) is 52.0 Å². The predicted molar refractivity (Wildman–Crippen MR) is 66.8 cm³/mol. The smallest absolute Gasteiger partial charge is 0.221 e. The van der Waals surface area contributed by atoms with E-state index in [1.54, 1.807) is 0 Å². The molecular formula is C13H24N2O2. The third kappa shape index (κ3) is 3.96. The Bertz CT molecular complexity index is 262. The van der Waals surface area contributed by atoms with E-state index in [1.165, 1.54) is 0 Å². The standard InChI is InChI=1S/C13H24N2O2/c1-13(4-7-17-8-5-13)10-15-11-3-2-6-14-12(16)9-11/h11,15H,2-10H2,1H3,(H,14,16). The summed E-state index contributed by atoms with van der Waals surface area (Å²) in [6.45, 7) is 5.92. The lowest BCUT2D eigenvalue weighted by Crippen LogP contribution is -2.42. The molecule has 2 N–H and O–H groups in total. The maximum absolute atomic E-state index is 11.5. The number of amides is 1. The van der Waals surface area contributed by atoms with Crippen molar-refractivity contribution in [1.29, 1.82) is 0 Å². The Morgan fingerprint density at radius 1 is 1.47 bits per heavy atom. The molecule has 98 valence electrons. The van der Waals surface area contributed by atoms with Crippen molar-refractivity contribution >= 4 is 5.91 Å². The van der Waals surface area contributed by atoms with Crippen molar-refractivity contribution in [2.75, 3.05) is 26.3 Å². The third-order valence-corrected chi connectivity index (χ3v) is 4.00. The number of hydrogen-bond acceptors (Lipinski definition) is 3. The summed E-state index contributed by atoms with van der Waals surface area (Å²) in [7, 11) is 0. The predicted octanol–water partition coefficient (Wildman–Crippen LogP) is 1.06.